The van der Waals surface area contributed by atoms with Gasteiger partial charge in [-0.2, -0.15) is 0 Å². The molecule has 1 aliphatic carbocycles. The molecule has 0 saturated heterocycles. The maximum Gasteiger partial charge on any atom is 0.0962 e. The lowest BCUT2D eigenvalue weighted by atomic mass is 10.2. The largest absolute Gasteiger partial charge is 0.309 e. The smallest absolute Gasteiger partial charge is 0.0962 e. The zero-order valence-electron chi connectivity index (χ0n) is 9.79. The second-order valence-corrected chi connectivity index (χ2v) is 5.58. The molecule has 0 amide bonds. The van der Waals surface area contributed by atoms with Crippen molar-refractivity contribution in [2.75, 3.05) is 0 Å². The van der Waals surface area contributed by atoms with E-state index in [2.05, 4.69) is 36.5 Å². The summed E-state index contributed by atoms with van der Waals surface area (Å²) in [7, 11) is 0. The fraction of sp³-hybridized carbons (Fsp3) is 0.750. The summed E-state index contributed by atoms with van der Waals surface area (Å²) in [5.41, 5.74) is 1.22. The van der Waals surface area contributed by atoms with Crippen molar-refractivity contribution in [3.05, 3.63) is 16.1 Å². The summed E-state index contributed by atoms with van der Waals surface area (Å²) >= 11 is 1.83. The first-order valence-electron chi connectivity index (χ1n) is 5.88. The van der Waals surface area contributed by atoms with E-state index in [0.29, 0.717) is 6.04 Å². The number of aromatic nitrogens is 1. The SMILES string of the molecule is CCC(C)NCc1csc(C2CC2C)n1. The number of nitrogens with one attached hydrogen (secondary N) is 1. The highest BCUT2D eigenvalue weighted by Crippen LogP contribution is 2.47. The van der Waals surface area contributed by atoms with Gasteiger partial charge in [0.15, 0.2) is 0 Å². The summed E-state index contributed by atoms with van der Waals surface area (Å²) in [6.45, 7) is 7.65. The molecule has 1 fully saturated rings. The van der Waals surface area contributed by atoms with Gasteiger partial charge >= 0.3 is 0 Å². The van der Waals surface area contributed by atoms with Gasteiger partial charge in [-0.15, -0.1) is 11.3 Å². The molecule has 3 atom stereocenters. The average Bonchev–Trinajstić information content (AvgIpc) is 2.80. The minimum atomic E-state index is 0.593. The van der Waals surface area contributed by atoms with Crippen LogP contribution in [0.15, 0.2) is 5.38 Å². The first-order chi connectivity index (χ1) is 7.20. The molecular formula is C12H20N2S. The van der Waals surface area contributed by atoms with Gasteiger partial charge in [-0.25, -0.2) is 4.98 Å². The maximum atomic E-state index is 4.68. The van der Waals surface area contributed by atoms with Crippen molar-refractivity contribution in [2.24, 2.45) is 5.92 Å². The molecular weight excluding hydrogens is 204 g/mol. The summed E-state index contributed by atoms with van der Waals surface area (Å²) in [5, 5.41) is 7.03. The van der Waals surface area contributed by atoms with Crippen LogP contribution >= 0.6 is 11.3 Å². The van der Waals surface area contributed by atoms with E-state index in [1.54, 1.807) is 0 Å². The number of hydrogen-bond donors (Lipinski definition) is 1. The Balaban J connectivity index is 1.85. The summed E-state index contributed by atoms with van der Waals surface area (Å²) in [5.74, 6) is 1.64. The van der Waals surface area contributed by atoms with Crippen molar-refractivity contribution in [1.29, 1.82) is 0 Å². The normalized spacial score (nSPS) is 26.6. The van der Waals surface area contributed by atoms with Crippen LogP contribution in [0.2, 0.25) is 0 Å². The summed E-state index contributed by atoms with van der Waals surface area (Å²) < 4.78 is 0. The summed E-state index contributed by atoms with van der Waals surface area (Å²) in [6, 6.07) is 0.593. The molecule has 15 heavy (non-hydrogen) atoms. The Morgan fingerprint density at radius 3 is 3.00 bits per heavy atom. The Hall–Kier alpha value is -0.410. The molecule has 2 nitrogen and oxygen atoms in total. The van der Waals surface area contributed by atoms with Crippen LogP contribution in [0.1, 0.15) is 50.2 Å². The molecule has 1 aliphatic rings. The molecule has 3 unspecified atom stereocenters. The van der Waals surface area contributed by atoms with Gasteiger partial charge in [-0.05, 0) is 25.7 Å². The van der Waals surface area contributed by atoms with Crippen LogP contribution in [0.3, 0.4) is 0 Å². The standard InChI is InChI=1S/C12H20N2S/c1-4-9(3)13-6-10-7-15-12(14-10)11-5-8(11)2/h7-9,11,13H,4-6H2,1-3H3. The van der Waals surface area contributed by atoms with Crippen LogP contribution in [-0.4, -0.2) is 11.0 Å². The highest BCUT2D eigenvalue weighted by atomic mass is 32.1. The molecule has 84 valence electrons. The van der Waals surface area contributed by atoms with Gasteiger partial charge in [0, 0.05) is 23.9 Å². The van der Waals surface area contributed by atoms with Crippen molar-refractivity contribution in [1.82, 2.24) is 10.3 Å². The summed E-state index contributed by atoms with van der Waals surface area (Å²) in [4.78, 5) is 4.68. The van der Waals surface area contributed by atoms with E-state index in [9.17, 15) is 0 Å². The van der Waals surface area contributed by atoms with E-state index < -0.39 is 0 Å². The van der Waals surface area contributed by atoms with E-state index in [-0.39, 0.29) is 0 Å². The second kappa shape index (κ2) is 4.62. The Morgan fingerprint density at radius 2 is 2.40 bits per heavy atom. The monoisotopic (exact) mass is 224 g/mol. The third-order valence-corrected chi connectivity index (χ3v) is 4.27. The minimum absolute atomic E-state index is 0.593. The molecule has 0 spiro atoms. The highest BCUT2D eigenvalue weighted by Gasteiger charge is 2.36. The van der Waals surface area contributed by atoms with Crippen LogP contribution in [-0.2, 0) is 6.54 Å². The predicted octanol–water partition coefficient (Wildman–Crippen LogP) is 3.15. The van der Waals surface area contributed by atoms with Gasteiger partial charge in [0.2, 0.25) is 0 Å². The Kier molecular flexibility index (Phi) is 3.42. The molecule has 1 heterocycles. The van der Waals surface area contributed by atoms with E-state index in [0.717, 1.165) is 18.4 Å². The van der Waals surface area contributed by atoms with Gasteiger partial charge in [-0.3, -0.25) is 0 Å². The molecule has 1 saturated carbocycles. The van der Waals surface area contributed by atoms with Crippen molar-refractivity contribution in [3.63, 3.8) is 0 Å². The van der Waals surface area contributed by atoms with Crippen LogP contribution < -0.4 is 5.32 Å². The minimum Gasteiger partial charge on any atom is -0.309 e. The van der Waals surface area contributed by atoms with Gasteiger partial charge in [0.25, 0.3) is 0 Å². The molecule has 0 radical (unpaired) electrons. The predicted molar refractivity (Wildman–Crippen MR) is 65.2 cm³/mol. The van der Waals surface area contributed by atoms with E-state index in [1.165, 1.54) is 23.5 Å². The molecule has 1 aromatic heterocycles. The van der Waals surface area contributed by atoms with Crippen LogP contribution in [0.4, 0.5) is 0 Å². The first-order valence-corrected chi connectivity index (χ1v) is 6.76. The van der Waals surface area contributed by atoms with Gasteiger partial charge in [0.05, 0.1) is 10.7 Å². The lowest BCUT2D eigenvalue weighted by Gasteiger charge is -2.08. The number of nitrogens with zero attached hydrogens (tertiary/aromatic N) is 1. The molecule has 1 aromatic rings. The molecule has 0 aromatic carbocycles. The van der Waals surface area contributed by atoms with Gasteiger partial charge in [0.1, 0.15) is 0 Å². The fourth-order valence-electron chi connectivity index (χ4n) is 1.66. The average molecular weight is 224 g/mol. The maximum absolute atomic E-state index is 4.68. The number of thiazole rings is 1. The third kappa shape index (κ3) is 2.79. The van der Waals surface area contributed by atoms with Gasteiger partial charge < -0.3 is 5.32 Å². The van der Waals surface area contributed by atoms with Gasteiger partial charge in [-0.1, -0.05) is 13.8 Å². The highest BCUT2D eigenvalue weighted by molar-refractivity contribution is 7.09. The van der Waals surface area contributed by atoms with Crippen LogP contribution in [0.25, 0.3) is 0 Å². The quantitative estimate of drug-likeness (QED) is 0.831. The van der Waals surface area contributed by atoms with Crippen molar-refractivity contribution < 1.29 is 0 Å². The molecule has 3 heteroatoms. The lowest BCUT2D eigenvalue weighted by Crippen LogP contribution is -2.24. The van der Waals surface area contributed by atoms with Crippen molar-refractivity contribution >= 4 is 11.3 Å². The first kappa shape index (κ1) is 11.1. The van der Waals surface area contributed by atoms with Crippen LogP contribution in [0, 0.1) is 5.92 Å². The molecule has 1 N–H and O–H groups in total. The number of hydrogen-bond acceptors (Lipinski definition) is 3. The fourth-order valence-corrected chi connectivity index (χ4v) is 2.73. The third-order valence-electron chi connectivity index (χ3n) is 3.24. The van der Waals surface area contributed by atoms with Crippen molar-refractivity contribution in [2.45, 2.75) is 52.1 Å². The summed E-state index contributed by atoms with van der Waals surface area (Å²) in [6.07, 6.45) is 2.52. The Labute approximate surface area is 96.1 Å². The van der Waals surface area contributed by atoms with Crippen molar-refractivity contribution in [3.8, 4) is 0 Å². The zero-order valence-corrected chi connectivity index (χ0v) is 10.6. The Bertz CT molecular complexity index is 321. The molecule has 2 rings (SSSR count). The topological polar surface area (TPSA) is 24.9 Å². The molecule has 0 bridgehead atoms. The van der Waals surface area contributed by atoms with E-state index >= 15 is 0 Å². The second-order valence-electron chi connectivity index (χ2n) is 4.69. The van der Waals surface area contributed by atoms with Crippen LogP contribution in [0.5, 0.6) is 0 Å². The molecule has 0 aliphatic heterocycles. The lowest BCUT2D eigenvalue weighted by molar-refractivity contribution is 0.529. The number of rotatable bonds is 5. The van der Waals surface area contributed by atoms with E-state index in [1.807, 2.05) is 11.3 Å². The van der Waals surface area contributed by atoms with E-state index in [4.69, 9.17) is 0 Å². The zero-order chi connectivity index (χ0) is 10.8. The Morgan fingerprint density at radius 1 is 1.67 bits per heavy atom.